The molecule has 2 heterocycles. The van der Waals surface area contributed by atoms with Gasteiger partial charge in [0, 0.05) is 31.4 Å². The van der Waals surface area contributed by atoms with Crippen molar-refractivity contribution in [3.63, 3.8) is 0 Å². The highest BCUT2D eigenvalue weighted by Crippen LogP contribution is 2.12. The molecular weight excluding hydrogens is 210 g/mol. The van der Waals surface area contributed by atoms with Gasteiger partial charge in [-0.25, -0.2) is 4.98 Å². The molecule has 0 saturated carbocycles. The minimum atomic E-state index is 0.135. The smallest absolute Gasteiger partial charge is 0.230 e. The number of fused-ring (bicyclic) bond motifs is 1. The van der Waals surface area contributed by atoms with Gasteiger partial charge < -0.3 is 9.88 Å². The lowest BCUT2D eigenvalue weighted by Crippen LogP contribution is -2.41. The van der Waals surface area contributed by atoms with Gasteiger partial charge in [0.1, 0.15) is 5.82 Å². The van der Waals surface area contributed by atoms with Gasteiger partial charge in [0.05, 0.1) is 5.75 Å². The van der Waals surface area contributed by atoms with E-state index in [0.29, 0.717) is 5.75 Å². The number of rotatable bonds is 3. The van der Waals surface area contributed by atoms with Gasteiger partial charge in [0.15, 0.2) is 0 Å². The number of nitrogens with zero attached hydrogens (tertiary/aromatic N) is 2. The number of imidazole rings is 1. The van der Waals surface area contributed by atoms with Gasteiger partial charge in [-0.3, -0.25) is 4.79 Å². The van der Waals surface area contributed by atoms with Crippen molar-refractivity contribution < 1.29 is 4.79 Å². The number of hydrogen-bond donors (Lipinski definition) is 1. The Balaban J connectivity index is 1.90. The molecule has 1 aromatic rings. The minimum absolute atomic E-state index is 0.135. The summed E-state index contributed by atoms with van der Waals surface area (Å²) in [6.45, 7) is 0.857. The highest BCUT2D eigenvalue weighted by molar-refractivity contribution is 7.99. The average Bonchev–Trinajstić information content (AvgIpc) is 2.65. The maximum Gasteiger partial charge on any atom is 0.230 e. The van der Waals surface area contributed by atoms with E-state index in [1.54, 1.807) is 11.8 Å². The van der Waals surface area contributed by atoms with Crippen molar-refractivity contribution in [2.45, 2.75) is 25.4 Å². The molecule has 0 aromatic carbocycles. The fourth-order valence-corrected chi connectivity index (χ4v) is 2.23. The van der Waals surface area contributed by atoms with Crippen LogP contribution in [0.25, 0.3) is 0 Å². The Hall–Kier alpha value is -0.970. The van der Waals surface area contributed by atoms with Crippen molar-refractivity contribution in [3.05, 3.63) is 18.2 Å². The fraction of sp³-hybridized carbons (Fsp3) is 0.600. The number of carbonyl (C=O) groups is 1. The largest absolute Gasteiger partial charge is 0.351 e. The number of amides is 1. The summed E-state index contributed by atoms with van der Waals surface area (Å²) >= 11 is 1.55. The molecule has 1 N–H and O–H groups in total. The predicted octanol–water partition coefficient (Wildman–Crippen LogP) is 0.677. The van der Waals surface area contributed by atoms with E-state index in [-0.39, 0.29) is 11.9 Å². The monoisotopic (exact) mass is 225 g/mol. The van der Waals surface area contributed by atoms with Gasteiger partial charge in [0.25, 0.3) is 0 Å². The van der Waals surface area contributed by atoms with Crippen LogP contribution in [0.2, 0.25) is 0 Å². The van der Waals surface area contributed by atoms with Gasteiger partial charge in [0.2, 0.25) is 5.91 Å². The number of aromatic nitrogens is 2. The van der Waals surface area contributed by atoms with E-state index in [1.807, 2.05) is 18.6 Å². The molecule has 82 valence electrons. The van der Waals surface area contributed by atoms with E-state index >= 15 is 0 Å². The summed E-state index contributed by atoms with van der Waals surface area (Å²) in [5.41, 5.74) is 0. The van der Waals surface area contributed by atoms with Crippen LogP contribution in [0.3, 0.4) is 0 Å². The van der Waals surface area contributed by atoms with Crippen LogP contribution in [0, 0.1) is 0 Å². The van der Waals surface area contributed by atoms with Crippen LogP contribution in [0.4, 0.5) is 0 Å². The van der Waals surface area contributed by atoms with Crippen LogP contribution >= 0.6 is 11.8 Å². The van der Waals surface area contributed by atoms with E-state index in [1.165, 1.54) is 0 Å². The first-order valence-corrected chi connectivity index (χ1v) is 6.47. The molecule has 2 rings (SSSR count). The summed E-state index contributed by atoms with van der Waals surface area (Å²) in [6, 6.07) is 0.270. The zero-order valence-corrected chi connectivity index (χ0v) is 9.59. The first kappa shape index (κ1) is 10.5. The molecule has 5 heteroatoms. The lowest BCUT2D eigenvalue weighted by atomic mass is 10.1. The van der Waals surface area contributed by atoms with Gasteiger partial charge >= 0.3 is 0 Å². The summed E-state index contributed by atoms with van der Waals surface area (Å²) in [7, 11) is 0. The van der Waals surface area contributed by atoms with Crippen molar-refractivity contribution in [2.24, 2.45) is 0 Å². The molecule has 1 amide bonds. The first-order chi connectivity index (χ1) is 7.29. The summed E-state index contributed by atoms with van der Waals surface area (Å²) in [6.07, 6.45) is 7.69. The summed E-state index contributed by atoms with van der Waals surface area (Å²) in [5, 5.41) is 3.04. The summed E-state index contributed by atoms with van der Waals surface area (Å²) < 4.78 is 2.12. The number of thioether (sulfide) groups is 1. The molecule has 1 atom stereocenters. The molecule has 1 unspecified atom stereocenters. The number of aryl methyl sites for hydroxylation is 1. The molecule has 4 nitrogen and oxygen atoms in total. The van der Waals surface area contributed by atoms with Crippen molar-refractivity contribution >= 4 is 17.7 Å². The standard InChI is InChI=1S/C10H15N3OS/c1-15-7-10(14)12-8-2-3-9-11-4-5-13(9)6-8/h4-5,8H,2-3,6-7H2,1H3,(H,12,14). The van der Waals surface area contributed by atoms with Crippen LogP contribution in [-0.4, -0.2) is 33.5 Å². The number of carbonyl (C=O) groups excluding carboxylic acids is 1. The average molecular weight is 225 g/mol. The Kier molecular flexibility index (Phi) is 3.30. The van der Waals surface area contributed by atoms with Crippen LogP contribution in [-0.2, 0) is 17.8 Å². The second kappa shape index (κ2) is 4.70. The Morgan fingerprint density at radius 1 is 1.80 bits per heavy atom. The van der Waals surface area contributed by atoms with Gasteiger partial charge in [-0.15, -0.1) is 0 Å². The zero-order chi connectivity index (χ0) is 10.7. The number of hydrogen-bond acceptors (Lipinski definition) is 3. The molecule has 0 spiro atoms. The third-order valence-corrected chi connectivity index (χ3v) is 3.13. The Morgan fingerprint density at radius 3 is 3.47 bits per heavy atom. The van der Waals surface area contributed by atoms with E-state index in [0.717, 1.165) is 25.2 Å². The van der Waals surface area contributed by atoms with E-state index in [9.17, 15) is 4.79 Å². The van der Waals surface area contributed by atoms with Crippen molar-refractivity contribution in [1.82, 2.24) is 14.9 Å². The van der Waals surface area contributed by atoms with E-state index < -0.39 is 0 Å². The summed E-state index contributed by atoms with van der Waals surface area (Å²) in [5.74, 6) is 1.81. The highest BCUT2D eigenvalue weighted by Gasteiger charge is 2.19. The summed E-state index contributed by atoms with van der Waals surface area (Å²) in [4.78, 5) is 15.7. The zero-order valence-electron chi connectivity index (χ0n) is 8.77. The molecule has 1 aliphatic heterocycles. The maximum absolute atomic E-state index is 11.4. The molecule has 1 aliphatic rings. The van der Waals surface area contributed by atoms with Crippen molar-refractivity contribution in [2.75, 3.05) is 12.0 Å². The predicted molar refractivity (Wildman–Crippen MR) is 60.9 cm³/mol. The van der Waals surface area contributed by atoms with Crippen LogP contribution in [0.5, 0.6) is 0 Å². The van der Waals surface area contributed by atoms with E-state index in [4.69, 9.17) is 0 Å². The second-order valence-corrected chi connectivity index (χ2v) is 4.60. The van der Waals surface area contributed by atoms with E-state index in [2.05, 4.69) is 14.9 Å². The molecular formula is C10H15N3OS. The molecule has 0 saturated heterocycles. The van der Waals surface area contributed by atoms with Gasteiger partial charge in [-0.05, 0) is 12.7 Å². The molecule has 0 bridgehead atoms. The molecule has 15 heavy (non-hydrogen) atoms. The SMILES string of the molecule is CSCC(=O)NC1CCc2nccn2C1. The lowest BCUT2D eigenvalue weighted by molar-refractivity contribution is -0.119. The molecule has 1 aromatic heterocycles. The van der Waals surface area contributed by atoms with Crippen molar-refractivity contribution in [1.29, 1.82) is 0 Å². The van der Waals surface area contributed by atoms with Crippen LogP contribution < -0.4 is 5.32 Å². The molecule has 0 aliphatic carbocycles. The Bertz CT molecular complexity index is 350. The Morgan fingerprint density at radius 2 is 2.67 bits per heavy atom. The van der Waals surface area contributed by atoms with Crippen molar-refractivity contribution in [3.8, 4) is 0 Å². The second-order valence-electron chi connectivity index (χ2n) is 3.73. The van der Waals surface area contributed by atoms with Crippen LogP contribution in [0.15, 0.2) is 12.4 Å². The number of nitrogens with one attached hydrogen (secondary N) is 1. The first-order valence-electron chi connectivity index (χ1n) is 5.08. The quantitative estimate of drug-likeness (QED) is 0.823. The lowest BCUT2D eigenvalue weighted by Gasteiger charge is -2.24. The van der Waals surface area contributed by atoms with Gasteiger partial charge in [-0.2, -0.15) is 11.8 Å². The van der Waals surface area contributed by atoms with Crippen LogP contribution in [0.1, 0.15) is 12.2 Å². The Labute approximate surface area is 93.5 Å². The minimum Gasteiger partial charge on any atom is -0.351 e. The third kappa shape index (κ3) is 2.53. The molecule has 0 radical (unpaired) electrons. The molecule has 0 fully saturated rings. The maximum atomic E-state index is 11.4. The fourth-order valence-electron chi connectivity index (χ4n) is 1.88. The third-order valence-electron chi connectivity index (χ3n) is 2.58. The topological polar surface area (TPSA) is 46.9 Å². The highest BCUT2D eigenvalue weighted by atomic mass is 32.2. The normalized spacial score (nSPS) is 19.7. The van der Waals surface area contributed by atoms with Gasteiger partial charge in [-0.1, -0.05) is 0 Å².